The molecular formula is C14H15NO3. The van der Waals surface area contributed by atoms with E-state index in [1.165, 1.54) is 0 Å². The van der Waals surface area contributed by atoms with E-state index in [9.17, 15) is 9.90 Å². The van der Waals surface area contributed by atoms with Gasteiger partial charge >= 0.3 is 0 Å². The molecule has 1 aromatic heterocycles. The average Bonchev–Trinajstić information content (AvgIpc) is 2.76. The number of carbonyl (C=O) groups excluding carboxylic acids is 1. The van der Waals surface area contributed by atoms with Crippen LogP contribution in [-0.4, -0.2) is 11.0 Å². The lowest BCUT2D eigenvalue weighted by molar-refractivity contribution is 0.0945. The van der Waals surface area contributed by atoms with E-state index in [0.717, 1.165) is 5.76 Å². The minimum Gasteiger partial charge on any atom is -0.507 e. The van der Waals surface area contributed by atoms with Gasteiger partial charge in [0.05, 0.1) is 12.1 Å². The van der Waals surface area contributed by atoms with Gasteiger partial charge in [0.2, 0.25) is 0 Å². The maximum Gasteiger partial charge on any atom is 0.255 e. The first-order chi connectivity index (χ1) is 8.58. The van der Waals surface area contributed by atoms with E-state index >= 15 is 0 Å². The van der Waals surface area contributed by atoms with Crippen LogP contribution in [-0.2, 0) is 6.54 Å². The quantitative estimate of drug-likeness (QED) is 0.873. The fourth-order valence-electron chi connectivity index (χ4n) is 1.68. The summed E-state index contributed by atoms with van der Waals surface area (Å²) in [6.07, 6.45) is 0. The van der Waals surface area contributed by atoms with Crippen molar-refractivity contribution in [2.45, 2.75) is 20.4 Å². The molecule has 1 aromatic carbocycles. The number of rotatable bonds is 3. The number of phenols is 1. The molecule has 0 spiro atoms. The third-order valence-electron chi connectivity index (χ3n) is 2.70. The van der Waals surface area contributed by atoms with Crippen molar-refractivity contribution in [2.24, 2.45) is 0 Å². The van der Waals surface area contributed by atoms with Crippen molar-refractivity contribution in [3.8, 4) is 5.75 Å². The first kappa shape index (κ1) is 12.2. The van der Waals surface area contributed by atoms with Crippen LogP contribution in [0.15, 0.2) is 34.7 Å². The molecule has 0 unspecified atom stereocenters. The number of amides is 1. The molecule has 2 aromatic rings. The Balaban J connectivity index is 2.06. The molecule has 1 heterocycles. The van der Waals surface area contributed by atoms with Crippen molar-refractivity contribution in [1.82, 2.24) is 5.32 Å². The normalized spacial score (nSPS) is 10.3. The third kappa shape index (κ3) is 2.53. The van der Waals surface area contributed by atoms with Crippen LogP contribution in [0.2, 0.25) is 0 Å². The summed E-state index contributed by atoms with van der Waals surface area (Å²) >= 11 is 0. The highest BCUT2D eigenvalue weighted by Crippen LogP contribution is 2.21. The van der Waals surface area contributed by atoms with E-state index in [1.54, 1.807) is 25.1 Å². The summed E-state index contributed by atoms with van der Waals surface area (Å²) < 4.78 is 5.35. The van der Waals surface area contributed by atoms with Gasteiger partial charge in [-0.2, -0.15) is 0 Å². The van der Waals surface area contributed by atoms with E-state index < -0.39 is 0 Å². The molecule has 4 nitrogen and oxygen atoms in total. The predicted octanol–water partition coefficient (Wildman–Crippen LogP) is 2.53. The first-order valence-corrected chi connectivity index (χ1v) is 5.70. The van der Waals surface area contributed by atoms with Crippen molar-refractivity contribution in [3.05, 3.63) is 53.0 Å². The van der Waals surface area contributed by atoms with E-state index in [-0.39, 0.29) is 17.2 Å². The monoisotopic (exact) mass is 245 g/mol. The van der Waals surface area contributed by atoms with Gasteiger partial charge in [-0.25, -0.2) is 0 Å². The molecule has 0 aliphatic carbocycles. The van der Waals surface area contributed by atoms with Gasteiger partial charge in [0.15, 0.2) is 0 Å². The Morgan fingerprint density at radius 1 is 1.28 bits per heavy atom. The molecule has 0 aliphatic rings. The average molecular weight is 245 g/mol. The zero-order chi connectivity index (χ0) is 13.1. The van der Waals surface area contributed by atoms with Gasteiger partial charge < -0.3 is 14.8 Å². The van der Waals surface area contributed by atoms with Gasteiger partial charge in [0.25, 0.3) is 5.91 Å². The second-order valence-electron chi connectivity index (χ2n) is 4.17. The van der Waals surface area contributed by atoms with Gasteiger partial charge in [-0.05, 0) is 37.6 Å². The molecule has 0 radical (unpaired) electrons. The highest BCUT2D eigenvalue weighted by molar-refractivity contribution is 5.97. The number of aromatic hydroxyl groups is 1. The summed E-state index contributed by atoms with van der Waals surface area (Å²) in [5, 5.41) is 12.5. The van der Waals surface area contributed by atoms with Crippen LogP contribution in [0.3, 0.4) is 0 Å². The maximum atomic E-state index is 11.9. The second-order valence-corrected chi connectivity index (χ2v) is 4.17. The number of benzene rings is 1. The molecule has 18 heavy (non-hydrogen) atoms. The third-order valence-corrected chi connectivity index (χ3v) is 2.70. The van der Waals surface area contributed by atoms with E-state index in [1.807, 2.05) is 19.1 Å². The summed E-state index contributed by atoms with van der Waals surface area (Å²) in [6, 6.07) is 8.73. The minimum absolute atomic E-state index is 0.0191. The van der Waals surface area contributed by atoms with Gasteiger partial charge in [-0.15, -0.1) is 0 Å². The Morgan fingerprint density at radius 2 is 2.06 bits per heavy atom. The van der Waals surface area contributed by atoms with Crippen LogP contribution in [0.1, 0.15) is 27.4 Å². The number of hydrogen-bond acceptors (Lipinski definition) is 3. The topological polar surface area (TPSA) is 62.5 Å². The lowest BCUT2D eigenvalue weighted by Gasteiger charge is -2.07. The standard InChI is InChI=1S/C14H15NO3/c1-9-4-3-5-12(13(9)16)14(17)15-8-11-7-6-10(2)18-11/h3-7,16H,8H2,1-2H3,(H,15,17). The Bertz CT molecular complexity index is 572. The molecule has 0 bridgehead atoms. The lowest BCUT2D eigenvalue weighted by atomic mass is 10.1. The fraction of sp³-hybridized carbons (Fsp3) is 0.214. The molecule has 0 atom stereocenters. The molecule has 0 saturated heterocycles. The Labute approximate surface area is 105 Å². The highest BCUT2D eigenvalue weighted by Gasteiger charge is 2.12. The van der Waals surface area contributed by atoms with Crippen LogP contribution in [0.25, 0.3) is 0 Å². The molecule has 0 saturated carbocycles. The van der Waals surface area contributed by atoms with Gasteiger partial charge in [-0.1, -0.05) is 12.1 Å². The molecule has 1 amide bonds. The van der Waals surface area contributed by atoms with Crippen molar-refractivity contribution < 1.29 is 14.3 Å². The van der Waals surface area contributed by atoms with Crippen molar-refractivity contribution in [1.29, 1.82) is 0 Å². The number of aryl methyl sites for hydroxylation is 2. The SMILES string of the molecule is Cc1ccc(CNC(=O)c2cccc(C)c2O)o1. The summed E-state index contributed by atoms with van der Waals surface area (Å²) in [4.78, 5) is 11.9. The molecule has 2 N–H and O–H groups in total. The molecule has 94 valence electrons. The Morgan fingerprint density at radius 3 is 2.72 bits per heavy atom. The smallest absolute Gasteiger partial charge is 0.255 e. The van der Waals surface area contributed by atoms with Gasteiger partial charge in [0.1, 0.15) is 17.3 Å². The first-order valence-electron chi connectivity index (χ1n) is 5.70. The van der Waals surface area contributed by atoms with E-state index in [0.29, 0.717) is 17.9 Å². The molecule has 0 aliphatic heterocycles. The zero-order valence-electron chi connectivity index (χ0n) is 10.4. The summed E-state index contributed by atoms with van der Waals surface area (Å²) in [7, 11) is 0. The van der Waals surface area contributed by atoms with E-state index in [2.05, 4.69) is 5.32 Å². The van der Waals surface area contributed by atoms with Crippen LogP contribution in [0.4, 0.5) is 0 Å². The molecule has 2 rings (SSSR count). The lowest BCUT2D eigenvalue weighted by Crippen LogP contribution is -2.22. The van der Waals surface area contributed by atoms with Crippen molar-refractivity contribution in [3.63, 3.8) is 0 Å². The minimum atomic E-state index is -0.315. The van der Waals surface area contributed by atoms with Crippen molar-refractivity contribution >= 4 is 5.91 Å². The van der Waals surface area contributed by atoms with Gasteiger partial charge in [-0.3, -0.25) is 4.79 Å². The zero-order valence-corrected chi connectivity index (χ0v) is 10.4. The highest BCUT2D eigenvalue weighted by atomic mass is 16.3. The van der Waals surface area contributed by atoms with Crippen LogP contribution < -0.4 is 5.32 Å². The fourth-order valence-corrected chi connectivity index (χ4v) is 1.68. The summed E-state index contributed by atoms with van der Waals surface area (Å²) in [6.45, 7) is 3.90. The largest absolute Gasteiger partial charge is 0.507 e. The van der Waals surface area contributed by atoms with Crippen LogP contribution >= 0.6 is 0 Å². The molecular weight excluding hydrogens is 230 g/mol. The number of hydrogen-bond donors (Lipinski definition) is 2. The molecule has 4 heteroatoms. The number of phenolic OH excluding ortho intramolecular Hbond substituents is 1. The van der Waals surface area contributed by atoms with E-state index in [4.69, 9.17) is 4.42 Å². The van der Waals surface area contributed by atoms with Crippen molar-refractivity contribution in [2.75, 3.05) is 0 Å². The Kier molecular flexibility index (Phi) is 3.37. The number of furan rings is 1. The Hall–Kier alpha value is -2.23. The number of para-hydroxylation sites is 1. The number of carbonyl (C=O) groups is 1. The summed E-state index contributed by atoms with van der Waals surface area (Å²) in [5.41, 5.74) is 0.953. The summed E-state index contributed by atoms with van der Waals surface area (Å²) in [5.74, 6) is 1.20. The van der Waals surface area contributed by atoms with Crippen LogP contribution in [0.5, 0.6) is 5.75 Å². The van der Waals surface area contributed by atoms with Crippen LogP contribution in [0, 0.1) is 13.8 Å². The number of nitrogens with one attached hydrogen (secondary N) is 1. The van der Waals surface area contributed by atoms with Gasteiger partial charge in [0, 0.05) is 0 Å². The molecule has 0 fully saturated rings. The second kappa shape index (κ2) is 4.96. The predicted molar refractivity (Wildman–Crippen MR) is 67.5 cm³/mol. The maximum absolute atomic E-state index is 11.9.